The molecular weight excluding hydrogens is 242 g/mol. The molecule has 18 heavy (non-hydrogen) atoms. The van der Waals surface area contributed by atoms with Crippen LogP contribution < -0.4 is 0 Å². The van der Waals surface area contributed by atoms with Crippen LogP contribution in [0.5, 0.6) is 0 Å². The Labute approximate surface area is 115 Å². The summed E-state index contributed by atoms with van der Waals surface area (Å²) in [6, 6.07) is 2.63. The molecular formula is C15H25NOS. The molecule has 102 valence electrons. The zero-order valence-corrected chi connectivity index (χ0v) is 13.2. The number of hydrogen-bond acceptors (Lipinski definition) is 2. The molecule has 1 rings (SSSR count). The van der Waals surface area contributed by atoms with Gasteiger partial charge in [0.15, 0.2) is 0 Å². The molecule has 0 saturated heterocycles. The van der Waals surface area contributed by atoms with Crippen molar-refractivity contribution in [2.24, 2.45) is 0 Å². The van der Waals surface area contributed by atoms with Gasteiger partial charge >= 0.3 is 0 Å². The molecule has 1 aromatic rings. The summed E-state index contributed by atoms with van der Waals surface area (Å²) >= 11 is 1.62. The molecule has 0 aliphatic rings. The maximum absolute atomic E-state index is 12.6. The Morgan fingerprint density at radius 1 is 1.22 bits per heavy atom. The molecule has 0 aliphatic carbocycles. The first-order chi connectivity index (χ1) is 8.42. The Morgan fingerprint density at radius 2 is 1.72 bits per heavy atom. The first-order valence-electron chi connectivity index (χ1n) is 6.82. The van der Waals surface area contributed by atoms with Crippen LogP contribution in [-0.2, 0) is 0 Å². The van der Waals surface area contributed by atoms with Crippen LogP contribution in [-0.4, -0.2) is 22.9 Å². The minimum absolute atomic E-state index is 0.194. The number of nitrogens with zero attached hydrogens (tertiary/aromatic N) is 1. The molecule has 1 heterocycles. The first kappa shape index (κ1) is 15.2. The fourth-order valence-electron chi connectivity index (χ4n) is 2.03. The van der Waals surface area contributed by atoms with Crippen LogP contribution >= 0.6 is 11.3 Å². The summed E-state index contributed by atoms with van der Waals surface area (Å²) in [4.78, 5) is 16.8. The van der Waals surface area contributed by atoms with Crippen molar-refractivity contribution in [3.63, 3.8) is 0 Å². The van der Waals surface area contributed by atoms with E-state index in [4.69, 9.17) is 0 Å². The lowest BCUT2D eigenvalue weighted by Crippen LogP contribution is -2.44. The smallest absolute Gasteiger partial charge is 0.264 e. The van der Waals surface area contributed by atoms with Crippen molar-refractivity contribution in [2.45, 2.75) is 66.5 Å². The summed E-state index contributed by atoms with van der Waals surface area (Å²) < 4.78 is 0. The second-order valence-electron chi connectivity index (χ2n) is 5.08. The summed E-state index contributed by atoms with van der Waals surface area (Å²) in [6.07, 6.45) is 2.00. The average Bonchev–Trinajstić information content (AvgIpc) is 2.69. The molecule has 0 fully saturated rings. The van der Waals surface area contributed by atoms with Gasteiger partial charge in [-0.3, -0.25) is 4.79 Å². The monoisotopic (exact) mass is 267 g/mol. The van der Waals surface area contributed by atoms with Crippen LogP contribution in [0.2, 0.25) is 0 Å². The van der Waals surface area contributed by atoms with Crippen molar-refractivity contribution in [3.8, 4) is 0 Å². The number of aryl methyl sites for hydroxylation is 2. The number of thiophene rings is 1. The third kappa shape index (κ3) is 3.14. The van der Waals surface area contributed by atoms with E-state index in [2.05, 4.69) is 41.5 Å². The van der Waals surface area contributed by atoms with Gasteiger partial charge < -0.3 is 4.90 Å². The zero-order valence-electron chi connectivity index (χ0n) is 12.4. The van der Waals surface area contributed by atoms with Crippen LogP contribution in [0.25, 0.3) is 0 Å². The number of carbonyl (C=O) groups excluding carboxylic acids is 1. The summed E-state index contributed by atoms with van der Waals surface area (Å²) in [5.41, 5.74) is 1.22. The molecule has 0 bridgehead atoms. The van der Waals surface area contributed by atoms with Gasteiger partial charge in [-0.1, -0.05) is 13.8 Å². The number of hydrogen-bond donors (Lipinski definition) is 0. The zero-order chi connectivity index (χ0) is 13.9. The Morgan fingerprint density at radius 3 is 2.06 bits per heavy atom. The summed E-state index contributed by atoms with van der Waals surface area (Å²) in [6.45, 7) is 12.7. The molecule has 0 radical (unpaired) electrons. The molecule has 0 N–H and O–H groups in total. The summed E-state index contributed by atoms with van der Waals surface area (Å²) in [5, 5.41) is 0. The second-order valence-corrected chi connectivity index (χ2v) is 6.33. The number of rotatable bonds is 5. The Bertz CT molecular complexity index is 381. The quantitative estimate of drug-likeness (QED) is 0.774. The van der Waals surface area contributed by atoms with Crippen LogP contribution in [0.1, 0.15) is 60.6 Å². The minimum atomic E-state index is 0.194. The summed E-state index contributed by atoms with van der Waals surface area (Å²) in [5.74, 6) is 0.194. The molecule has 1 amide bonds. The van der Waals surface area contributed by atoms with Gasteiger partial charge in [-0.25, -0.2) is 0 Å². The highest BCUT2D eigenvalue weighted by Gasteiger charge is 2.25. The van der Waals surface area contributed by atoms with Gasteiger partial charge in [0.05, 0.1) is 4.88 Å². The molecule has 0 spiro atoms. The third-order valence-electron chi connectivity index (χ3n) is 3.74. The van der Waals surface area contributed by atoms with E-state index in [1.807, 2.05) is 11.0 Å². The molecule has 3 heteroatoms. The van der Waals surface area contributed by atoms with Crippen molar-refractivity contribution in [1.29, 1.82) is 0 Å². The van der Waals surface area contributed by atoms with Crippen LogP contribution in [0, 0.1) is 13.8 Å². The first-order valence-corrected chi connectivity index (χ1v) is 7.63. The van der Waals surface area contributed by atoms with E-state index in [0.717, 1.165) is 17.7 Å². The van der Waals surface area contributed by atoms with Crippen molar-refractivity contribution >= 4 is 17.2 Å². The maximum atomic E-state index is 12.6. The van der Waals surface area contributed by atoms with Crippen molar-refractivity contribution in [3.05, 3.63) is 21.4 Å². The lowest BCUT2D eigenvalue weighted by molar-refractivity contribution is 0.0603. The highest BCUT2D eigenvalue weighted by Crippen LogP contribution is 2.24. The standard InChI is InChI=1S/C15H25NOS/c1-7-11(4)16(12(5)8-2)15(17)14-9-10(3)13(6)18-14/h9,11-12H,7-8H2,1-6H3/t11-,12-/m1/s1. The minimum Gasteiger partial charge on any atom is -0.333 e. The van der Waals surface area contributed by atoms with Crippen molar-refractivity contribution < 1.29 is 4.79 Å². The number of amides is 1. The van der Waals surface area contributed by atoms with Gasteiger partial charge in [0.1, 0.15) is 0 Å². The second kappa shape index (κ2) is 6.37. The lowest BCUT2D eigenvalue weighted by Gasteiger charge is -2.33. The Kier molecular flexibility index (Phi) is 5.39. The summed E-state index contributed by atoms with van der Waals surface area (Å²) in [7, 11) is 0. The fourth-order valence-corrected chi connectivity index (χ4v) is 3.01. The normalized spacial score (nSPS) is 14.3. The third-order valence-corrected chi connectivity index (χ3v) is 4.88. The Balaban J connectivity index is 3.02. The van der Waals surface area contributed by atoms with Gasteiger partial charge in [0.2, 0.25) is 0 Å². The van der Waals surface area contributed by atoms with E-state index >= 15 is 0 Å². The van der Waals surface area contributed by atoms with Crippen LogP contribution in [0.4, 0.5) is 0 Å². The van der Waals surface area contributed by atoms with E-state index in [1.165, 1.54) is 10.4 Å². The molecule has 0 aromatic carbocycles. The predicted octanol–water partition coefficient (Wildman–Crippen LogP) is 4.40. The van der Waals surface area contributed by atoms with Crippen LogP contribution in [0.3, 0.4) is 0 Å². The van der Waals surface area contributed by atoms with Gasteiger partial charge in [-0.05, 0) is 52.2 Å². The van der Waals surface area contributed by atoms with Crippen molar-refractivity contribution in [2.75, 3.05) is 0 Å². The van der Waals surface area contributed by atoms with E-state index in [0.29, 0.717) is 12.1 Å². The van der Waals surface area contributed by atoms with Gasteiger partial charge in [0, 0.05) is 17.0 Å². The number of carbonyl (C=O) groups is 1. The topological polar surface area (TPSA) is 20.3 Å². The largest absolute Gasteiger partial charge is 0.333 e. The van der Waals surface area contributed by atoms with Gasteiger partial charge in [0.25, 0.3) is 5.91 Å². The van der Waals surface area contributed by atoms with E-state index < -0.39 is 0 Å². The highest BCUT2D eigenvalue weighted by atomic mass is 32.1. The van der Waals surface area contributed by atoms with Crippen molar-refractivity contribution in [1.82, 2.24) is 4.90 Å². The molecule has 2 atom stereocenters. The van der Waals surface area contributed by atoms with E-state index in [9.17, 15) is 4.79 Å². The highest BCUT2D eigenvalue weighted by molar-refractivity contribution is 7.14. The molecule has 2 nitrogen and oxygen atoms in total. The Hall–Kier alpha value is -0.830. The molecule has 0 aliphatic heterocycles. The van der Waals surface area contributed by atoms with E-state index in [-0.39, 0.29) is 5.91 Å². The molecule has 1 aromatic heterocycles. The fraction of sp³-hybridized carbons (Fsp3) is 0.667. The maximum Gasteiger partial charge on any atom is 0.264 e. The molecule has 0 saturated carbocycles. The molecule has 0 unspecified atom stereocenters. The van der Waals surface area contributed by atoms with Gasteiger partial charge in [-0.15, -0.1) is 11.3 Å². The van der Waals surface area contributed by atoms with Crippen LogP contribution in [0.15, 0.2) is 6.07 Å². The van der Waals surface area contributed by atoms with E-state index in [1.54, 1.807) is 11.3 Å². The lowest BCUT2D eigenvalue weighted by atomic mass is 10.1. The van der Waals surface area contributed by atoms with Gasteiger partial charge in [-0.2, -0.15) is 0 Å². The average molecular weight is 267 g/mol. The SMILES string of the molecule is CC[C@@H](C)N(C(=O)c1cc(C)c(C)s1)[C@H](C)CC. The predicted molar refractivity (Wildman–Crippen MR) is 79.5 cm³/mol.